The van der Waals surface area contributed by atoms with Crippen LogP contribution in [-0.4, -0.2) is 16.4 Å². The molecule has 0 saturated heterocycles. The summed E-state index contributed by atoms with van der Waals surface area (Å²) in [4.78, 5) is 10.3. The van der Waals surface area contributed by atoms with Crippen LogP contribution in [0.1, 0.15) is 16.7 Å². The molecule has 0 aliphatic rings. The van der Waals surface area contributed by atoms with Crippen LogP contribution < -0.4 is 4.74 Å². The molecule has 0 aliphatic heterocycles. The SMILES string of the molecule is Cc1cc(OC(=O)O)c(O)c(C)c1C. The van der Waals surface area contributed by atoms with Crippen LogP contribution in [0.3, 0.4) is 0 Å². The van der Waals surface area contributed by atoms with Gasteiger partial charge in [-0.15, -0.1) is 0 Å². The highest BCUT2D eigenvalue weighted by Crippen LogP contribution is 2.33. The third-order valence-electron chi connectivity index (χ3n) is 2.29. The standard InChI is InChI=1S/C10H12O4/c1-5-4-8(14-10(12)13)9(11)7(3)6(5)2/h4,11H,1-3H3,(H,12,13). The fourth-order valence-electron chi connectivity index (χ4n) is 1.20. The summed E-state index contributed by atoms with van der Waals surface area (Å²) in [6, 6.07) is 1.51. The maximum Gasteiger partial charge on any atom is 0.511 e. The molecule has 4 heteroatoms. The number of carboxylic acid groups (broad SMARTS) is 1. The third-order valence-corrected chi connectivity index (χ3v) is 2.29. The lowest BCUT2D eigenvalue weighted by Gasteiger charge is -2.10. The Morgan fingerprint density at radius 1 is 1.29 bits per heavy atom. The van der Waals surface area contributed by atoms with Gasteiger partial charge in [-0.05, 0) is 43.5 Å². The first kappa shape index (κ1) is 10.4. The van der Waals surface area contributed by atoms with E-state index >= 15 is 0 Å². The van der Waals surface area contributed by atoms with Crippen molar-refractivity contribution in [2.75, 3.05) is 0 Å². The van der Waals surface area contributed by atoms with Crippen LogP contribution in [0.4, 0.5) is 4.79 Å². The number of hydrogen-bond donors (Lipinski definition) is 2. The second-order valence-electron chi connectivity index (χ2n) is 3.16. The molecule has 1 aromatic carbocycles. The Bertz CT molecular complexity index is 382. The topological polar surface area (TPSA) is 66.8 Å². The van der Waals surface area contributed by atoms with Gasteiger partial charge in [0, 0.05) is 0 Å². The third kappa shape index (κ3) is 1.79. The summed E-state index contributed by atoms with van der Waals surface area (Å²) in [5, 5.41) is 18.0. The number of phenols is 1. The van der Waals surface area contributed by atoms with Crippen molar-refractivity contribution in [1.82, 2.24) is 0 Å². The Hall–Kier alpha value is -1.71. The molecule has 4 nitrogen and oxygen atoms in total. The number of rotatable bonds is 1. The lowest BCUT2D eigenvalue weighted by atomic mass is 10.0. The Morgan fingerprint density at radius 2 is 1.86 bits per heavy atom. The molecule has 0 bridgehead atoms. The van der Waals surface area contributed by atoms with Crippen LogP contribution in [0, 0.1) is 20.8 Å². The van der Waals surface area contributed by atoms with Crippen molar-refractivity contribution in [3.63, 3.8) is 0 Å². The molecule has 0 spiro atoms. The van der Waals surface area contributed by atoms with E-state index in [9.17, 15) is 9.90 Å². The highest BCUT2D eigenvalue weighted by molar-refractivity contribution is 5.64. The van der Waals surface area contributed by atoms with Gasteiger partial charge in [-0.3, -0.25) is 0 Å². The summed E-state index contributed by atoms with van der Waals surface area (Å²) in [6.07, 6.45) is -1.43. The molecule has 0 atom stereocenters. The van der Waals surface area contributed by atoms with Gasteiger partial charge in [-0.25, -0.2) is 4.79 Å². The van der Waals surface area contributed by atoms with Crippen molar-refractivity contribution in [1.29, 1.82) is 0 Å². The van der Waals surface area contributed by atoms with Gasteiger partial charge in [0.05, 0.1) is 0 Å². The van der Waals surface area contributed by atoms with Crippen molar-refractivity contribution in [2.45, 2.75) is 20.8 Å². The normalized spacial score (nSPS) is 9.93. The van der Waals surface area contributed by atoms with E-state index in [1.165, 1.54) is 6.07 Å². The summed E-state index contributed by atoms with van der Waals surface area (Å²) in [6.45, 7) is 5.40. The fourth-order valence-corrected chi connectivity index (χ4v) is 1.20. The minimum absolute atomic E-state index is 0.0156. The number of ether oxygens (including phenoxy) is 1. The summed E-state index contributed by atoms with van der Waals surface area (Å²) in [5.41, 5.74) is 2.46. The smallest absolute Gasteiger partial charge is 0.504 e. The first-order valence-electron chi connectivity index (χ1n) is 4.14. The second kappa shape index (κ2) is 3.57. The monoisotopic (exact) mass is 196 g/mol. The molecule has 0 radical (unpaired) electrons. The highest BCUT2D eigenvalue weighted by atomic mass is 16.7. The Balaban J connectivity index is 3.25. The van der Waals surface area contributed by atoms with Gasteiger partial charge in [0.15, 0.2) is 11.5 Å². The molecule has 14 heavy (non-hydrogen) atoms. The minimum Gasteiger partial charge on any atom is -0.504 e. The van der Waals surface area contributed by atoms with Gasteiger partial charge >= 0.3 is 6.16 Å². The number of aromatic hydroxyl groups is 1. The number of carbonyl (C=O) groups is 1. The minimum atomic E-state index is -1.43. The fraction of sp³-hybridized carbons (Fsp3) is 0.300. The second-order valence-corrected chi connectivity index (χ2v) is 3.16. The zero-order valence-corrected chi connectivity index (χ0v) is 8.29. The van der Waals surface area contributed by atoms with Crippen molar-refractivity contribution in [3.05, 3.63) is 22.8 Å². The lowest BCUT2D eigenvalue weighted by molar-refractivity contribution is 0.143. The van der Waals surface area contributed by atoms with Crippen molar-refractivity contribution in [2.24, 2.45) is 0 Å². The molecule has 0 saturated carbocycles. The average molecular weight is 196 g/mol. The highest BCUT2D eigenvalue weighted by Gasteiger charge is 2.12. The van der Waals surface area contributed by atoms with E-state index < -0.39 is 6.16 Å². The molecule has 0 amide bonds. The summed E-state index contributed by atoms with van der Waals surface area (Å²) < 4.78 is 4.43. The average Bonchev–Trinajstić information content (AvgIpc) is 2.10. The first-order valence-corrected chi connectivity index (χ1v) is 4.14. The molecule has 0 heterocycles. The Labute approximate surface area is 81.8 Å². The van der Waals surface area contributed by atoms with Gasteiger partial charge in [0.1, 0.15) is 0 Å². The van der Waals surface area contributed by atoms with Crippen LogP contribution in [0.25, 0.3) is 0 Å². The Morgan fingerprint density at radius 3 is 2.36 bits per heavy atom. The molecular formula is C10H12O4. The quantitative estimate of drug-likeness (QED) is 0.534. The van der Waals surface area contributed by atoms with Crippen LogP contribution in [0.15, 0.2) is 6.07 Å². The Kier molecular flexibility index (Phi) is 2.65. The zero-order chi connectivity index (χ0) is 10.9. The van der Waals surface area contributed by atoms with Gasteiger partial charge in [-0.1, -0.05) is 0 Å². The number of hydrogen-bond acceptors (Lipinski definition) is 3. The van der Waals surface area contributed by atoms with Crippen molar-refractivity contribution < 1.29 is 19.7 Å². The van der Waals surface area contributed by atoms with Crippen molar-refractivity contribution >= 4 is 6.16 Å². The number of benzene rings is 1. The van der Waals surface area contributed by atoms with E-state index in [1.807, 2.05) is 13.8 Å². The zero-order valence-electron chi connectivity index (χ0n) is 8.29. The maximum absolute atomic E-state index is 10.3. The van der Waals surface area contributed by atoms with Gasteiger partial charge in [0.25, 0.3) is 0 Å². The molecular weight excluding hydrogens is 184 g/mol. The molecule has 76 valence electrons. The summed E-state index contributed by atoms with van der Waals surface area (Å²) in [5.74, 6) is -0.131. The van der Waals surface area contributed by atoms with Crippen LogP contribution >= 0.6 is 0 Å². The predicted octanol–water partition coefficient (Wildman–Crippen LogP) is 2.37. The van der Waals surface area contributed by atoms with E-state index in [-0.39, 0.29) is 11.5 Å². The number of phenolic OH excluding ortho intramolecular Hbond substituents is 1. The number of aryl methyl sites for hydroxylation is 1. The molecule has 1 rings (SSSR count). The molecule has 0 aromatic heterocycles. The largest absolute Gasteiger partial charge is 0.511 e. The van der Waals surface area contributed by atoms with E-state index in [1.54, 1.807) is 6.92 Å². The summed E-state index contributed by atoms with van der Waals surface area (Å²) >= 11 is 0. The van der Waals surface area contributed by atoms with Crippen LogP contribution in [0.5, 0.6) is 11.5 Å². The van der Waals surface area contributed by atoms with Gasteiger partial charge in [-0.2, -0.15) is 0 Å². The molecule has 0 fully saturated rings. The van der Waals surface area contributed by atoms with Crippen LogP contribution in [-0.2, 0) is 0 Å². The van der Waals surface area contributed by atoms with Crippen molar-refractivity contribution in [3.8, 4) is 11.5 Å². The van der Waals surface area contributed by atoms with Gasteiger partial charge in [0.2, 0.25) is 0 Å². The van der Waals surface area contributed by atoms with E-state index in [0.717, 1.165) is 11.1 Å². The lowest BCUT2D eigenvalue weighted by Crippen LogP contribution is -2.04. The van der Waals surface area contributed by atoms with E-state index in [4.69, 9.17) is 5.11 Å². The van der Waals surface area contributed by atoms with Crippen LogP contribution in [0.2, 0.25) is 0 Å². The maximum atomic E-state index is 10.3. The van der Waals surface area contributed by atoms with Gasteiger partial charge < -0.3 is 14.9 Å². The molecule has 2 N–H and O–H groups in total. The summed E-state index contributed by atoms with van der Waals surface area (Å²) in [7, 11) is 0. The van der Waals surface area contributed by atoms with E-state index in [2.05, 4.69) is 4.74 Å². The molecule has 0 aliphatic carbocycles. The molecule has 1 aromatic rings. The first-order chi connectivity index (χ1) is 6.43. The predicted molar refractivity (Wildman–Crippen MR) is 51.0 cm³/mol. The van der Waals surface area contributed by atoms with E-state index in [0.29, 0.717) is 5.56 Å². The molecule has 0 unspecified atom stereocenters.